The number of hydrogen-bond acceptors (Lipinski definition) is 5. The van der Waals surface area contributed by atoms with Crippen LogP contribution in [0.2, 0.25) is 0 Å². The van der Waals surface area contributed by atoms with Gasteiger partial charge in [-0.1, -0.05) is 48.5 Å². The first-order chi connectivity index (χ1) is 19.0. The van der Waals surface area contributed by atoms with Crippen molar-refractivity contribution in [3.63, 3.8) is 0 Å². The minimum absolute atomic E-state index is 0.325. The molecule has 4 aliphatic rings. The molecule has 0 saturated carbocycles. The van der Waals surface area contributed by atoms with Crippen molar-refractivity contribution < 1.29 is 18.8 Å². The van der Waals surface area contributed by atoms with Gasteiger partial charge in [0.2, 0.25) is 11.8 Å². The van der Waals surface area contributed by atoms with Gasteiger partial charge in [0.1, 0.15) is 5.82 Å². The van der Waals surface area contributed by atoms with Crippen molar-refractivity contribution in [1.82, 2.24) is 10.4 Å². The Morgan fingerprint density at radius 3 is 2.13 bits per heavy atom. The maximum Gasteiger partial charge on any atom is 0.271 e. The summed E-state index contributed by atoms with van der Waals surface area (Å²) in [7, 11) is 0. The highest BCUT2D eigenvalue weighted by molar-refractivity contribution is 6.25. The number of nitrogens with one attached hydrogen (secondary N) is 1. The number of benzene rings is 3. The number of hydrazone groups is 1. The molecule has 1 saturated heterocycles. The summed E-state index contributed by atoms with van der Waals surface area (Å²) in [6.45, 7) is 0. The van der Waals surface area contributed by atoms with Crippen LogP contribution in [0.25, 0.3) is 0 Å². The molecule has 1 aliphatic heterocycles. The van der Waals surface area contributed by atoms with Crippen LogP contribution in [0.1, 0.15) is 38.5 Å². The Balaban J connectivity index is 1.41. The lowest BCUT2D eigenvalue weighted by molar-refractivity contribution is -0.122. The van der Waals surface area contributed by atoms with E-state index in [-0.39, 0.29) is 17.7 Å². The molecule has 3 aromatic carbocycles. The van der Waals surface area contributed by atoms with Gasteiger partial charge in [-0.3, -0.25) is 19.4 Å². The number of amides is 3. The van der Waals surface area contributed by atoms with Crippen molar-refractivity contribution in [3.8, 4) is 0 Å². The van der Waals surface area contributed by atoms with Gasteiger partial charge in [0.25, 0.3) is 5.91 Å². The first kappa shape index (κ1) is 23.2. The predicted molar refractivity (Wildman–Crippen MR) is 142 cm³/mol. The first-order valence-corrected chi connectivity index (χ1v) is 12.6. The molecule has 0 spiro atoms. The predicted octanol–water partition coefficient (Wildman–Crippen LogP) is 4.19. The van der Waals surface area contributed by atoms with Crippen LogP contribution < -0.4 is 10.3 Å². The lowest BCUT2D eigenvalue weighted by atomic mass is 9.47. The summed E-state index contributed by atoms with van der Waals surface area (Å²) in [4.78, 5) is 46.2. The van der Waals surface area contributed by atoms with Gasteiger partial charge >= 0.3 is 0 Å². The summed E-state index contributed by atoms with van der Waals surface area (Å²) < 4.78 is 13.7. The molecule has 3 aliphatic carbocycles. The van der Waals surface area contributed by atoms with E-state index in [4.69, 9.17) is 0 Å². The van der Waals surface area contributed by atoms with E-state index in [1.54, 1.807) is 18.3 Å². The van der Waals surface area contributed by atoms with Crippen LogP contribution in [-0.2, 0) is 15.0 Å². The fourth-order valence-electron chi connectivity index (χ4n) is 6.65. The van der Waals surface area contributed by atoms with Crippen molar-refractivity contribution in [2.45, 2.75) is 11.3 Å². The smallest absolute Gasteiger partial charge is 0.271 e. The molecule has 1 aromatic heterocycles. The zero-order chi connectivity index (χ0) is 26.7. The van der Waals surface area contributed by atoms with Gasteiger partial charge in [-0.15, -0.1) is 0 Å². The van der Waals surface area contributed by atoms with E-state index in [0.29, 0.717) is 11.3 Å². The van der Waals surface area contributed by atoms with Crippen LogP contribution in [0.4, 0.5) is 10.1 Å². The quantitative estimate of drug-likeness (QED) is 0.250. The number of aromatic nitrogens is 1. The second-order valence-electron chi connectivity index (χ2n) is 9.95. The molecular weight excluding hydrogens is 495 g/mol. The number of anilines is 1. The van der Waals surface area contributed by atoms with E-state index in [2.05, 4.69) is 15.5 Å². The molecule has 0 unspecified atom stereocenters. The number of rotatable bonds is 4. The summed E-state index contributed by atoms with van der Waals surface area (Å²) in [5.41, 5.74) is 5.84. The van der Waals surface area contributed by atoms with E-state index in [1.165, 1.54) is 41.6 Å². The second-order valence-corrected chi connectivity index (χ2v) is 9.95. The highest BCUT2D eigenvalue weighted by atomic mass is 19.1. The SMILES string of the molecule is O=C(N/N=C\C12c3ccccc3C(c3ccccc31)[C@H]1C(=O)N(c3ccc(F)cc3)C(=O)[C@@H]12)c1ccncc1. The van der Waals surface area contributed by atoms with Crippen molar-refractivity contribution in [1.29, 1.82) is 0 Å². The van der Waals surface area contributed by atoms with Crippen LogP contribution in [0, 0.1) is 17.7 Å². The van der Waals surface area contributed by atoms with E-state index in [9.17, 15) is 18.8 Å². The van der Waals surface area contributed by atoms with Crippen LogP contribution >= 0.6 is 0 Å². The first-order valence-electron chi connectivity index (χ1n) is 12.6. The fraction of sp³-hybridized carbons (Fsp3) is 0.129. The van der Waals surface area contributed by atoms with Crippen LogP contribution in [0.15, 0.2) is 102 Å². The molecule has 190 valence electrons. The molecule has 2 heterocycles. The van der Waals surface area contributed by atoms with Crippen molar-refractivity contribution in [3.05, 3.63) is 131 Å². The lowest BCUT2D eigenvalue weighted by Crippen LogP contribution is -2.54. The van der Waals surface area contributed by atoms with Crippen LogP contribution in [-0.4, -0.2) is 28.9 Å². The average molecular weight is 517 g/mol. The van der Waals surface area contributed by atoms with Crippen molar-refractivity contribution in [2.24, 2.45) is 16.9 Å². The van der Waals surface area contributed by atoms with Crippen molar-refractivity contribution >= 4 is 29.6 Å². The minimum Gasteiger partial charge on any atom is -0.274 e. The Morgan fingerprint density at radius 2 is 1.49 bits per heavy atom. The molecule has 0 radical (unpaired) electrons. The molecule has 39 heavy (non-hydrogen) atoms. The van der Waals surface area contributed by atoms with E-state index in [0.717, 1.165) is 22.3 Å². The molecule has 1 N–H and O–H groups in total. The number of pyridine rings is 1. The molecule has 2 atom stereocenters. The minimum atomic E-state index is -1.11. The summed E-state index contributed by atoms with van der Waals surface area (Å²) in [6, 6.07) is 24.1. The van der Waals surface area contributed by atoms with Gasteiger partial charge < -0.3 is 0 Å². The third kappa shape index (κ3) is 3.18. The summed E-state index contributed by atoms with van der Waals surface area (Å²) in [5, 5.41) is 4.39. The molecule has 8 rings (SSSR count). The Hall–Kier alpha value is -4.98. The van der Waals surface area contributed by atoms with Gasteiger partial charge in [0.05, 0.1) is 22.9 Å². The Kier molecular flexibility index (Phi) is 5.06. The zero-order valence-corrected chi connectivity index (χ0v) is 20.5. The van der Waals surface area contributed by atoms with E-state index < -0.39 is 29.0 Å². The standard InChI is InChI=1S/C31H21FN4O3/c32-19-9-11-20(12-10-19)36-29(38)26-25-21-5-1-3-7-23(21)31(27(26)30(36)39,24-8-4-2-6-22(24)25)17-34-35-28(37)18-13-15-33-16-14-18/h1-17,25-27H,(H,35,37)/b34-17-/t25?,26-,27-,31?/m1/s1. The summed E-state index contributed by atoms with van der Waals surface area (Å²) in [5.74, 6) is -3.40. The second kappa shape index (κ2) is 8.52. The maximum atomic E-state index is 14.2. The molecule has 1 fully saturated rings. The summed E-state index contributed by atoms with van der Waals surface area (Å²) in [6.07, 6.45) is 4.64. The summed E-state index contributed by atoms with van der Waals surface area (Å²) >= 11 is 0. The monoisotopic (exact) mass is 516 g/mol. The van der Waals surface area contributed by atoms with Gasteiger partial charge in [-0.05, 0) is 58.7 Å². The van der Waals surface area contributed by atoms with Gasteiger partial charge in [-0.2, -0.15) is 5.10 Å². The Morgan fingerprint density at radius 1 is 0.872 bits per heavy atom. The number of halogens is 1. The fourth-order valence-corrected chi connectivity index (χ4v) is 6.65. The molecule has 3 amide bonds. The molecule has 4 aromatic rings. The highest BCUT2D eigenvalue weighted by Gasteiger charge is 2.68. The molecule has 8 heteroatoms. The van der Waals surface area contributed by atoms with Crippen LogP contribution in [0.5, 0.6) is 0 Å². The number of nitrogens with zero attached hydrogens (tertiary/aromatic N) is 3. The normalized spacial score (nSPS) is 24.4. The number of hydrogen-bond donors (Lipinski definition) is 1. The molecule has 7 nitrogen and oxygen atoms in total. The third-order valence-corrected chi connectivity index (χ3v) is 8.15. The Bertz CT molecular complexity index is 1640. The topological polar surface area (TPSA) is 91.7 Å². The van der Waals surface area contributed by atoms with Gasteiger partial charge in [0, 0.05) is 30.1 Å². The number of carbonyl (C=O) groups is 3. The van der Waals surface area contributed by atoms with Crippen LogP contribution in [0.3, 0.4) is 0 Å². The largest absolute Gasteiger partial charge is 0.274 e. The van der Waals surface area contributed by atoms with Gasteiger partial charge in [-0.25, -0.2) is 14.7 Å². The van der Waals surface area contributed by atoms with E-state index in [1.807, 2.05) is 48.5 Å². The van der Waals surface area contributed by atoms with Gasteiger partial charge in [0.15, 0.2) is 0 Å². The average Bonchev–Trinajstić information content (AvgIpc) is 3.25. The maximum absolute atomic E-state index is 14.2. The lowest BCUT2D eigenvalue weighted by Gasteiger charge is -2.52. The number of carbonyl (C=O) groups excluding carboxylic acids is 3. The zero-order valence-electron chi connectivity index (χ0n) is 20.5. The third-order valence-electron chi connectivity index (χ3n) is 8.15. The molecule has 2 bridgehead atoms. The Labute approximate surface area is 223 Å². The van der Waals surface area contributed by atoms with Crippen molar-refractivity contribution in [2.75, 3.05) is 4.90 Å². The highest BCUT2D eigenvalue weighted by Crippen LogP contribution is 2.63. The van der Waals surface area contributed by atoms with E-state index >= 15 is 0 Å². The number of imide groups is 1. The molecular formula is C31H21FN4O3.